The van der Waals surface area contributed by atoms with Crippen molar-refractivity contribution in [1.82, 2.24) is 0 Å². The first kappa shape index (κ1) is 14.9. The zero-order valence-electron chi connectivity index (χ0n) is 12.6. The Kier molecular flexibility index (Phi) is 5.05. The Morgan fingerprint density at radius 1 is 1.15 bits per heavy atom. The molecule has 2 rings (SSSR count). The van der Waals surface area contributed by atoms with E-state index >= 15 is 0 Å². The third-order valence-corrected chi connectivity index (χ3v) is 3.60. The zero-order valence-corrected chi connectivity index (χ0v) is 12.6. The van der Waals surface area contributed by atoms with E-state index in [2.05, 4.69) is 20.8 Å². The van der Waals surface area contributed by atoms with Gasteiger partial charge in [-0.15, -0.1) is 0 Å². The van der Waals surface area contributed by atoms with E-state index in [0.29, 0.717) is 24.9 Å². The molecule has 0 radical (unpaired) electrons. The maximum absolute atomic E-state index is 12.3. The fourth-order valence-corrected chi connectivity index (χ4v) is 2.22. The number of hydrogen-bond acceptors (Lipinski definition) is 3. The minimum Gasteiger partial charge on any atom is -0.490 e. The van der Waals surface area contributed by atoms with Gasteiger partial charge in [0.1, 0.15) is 0 Å². The lowest BCUT2D eigenvalue weighted by Crippen LogP contribution is -2.06. The number of hydrogen-bond donors (Lipinski definition) is 0. The monoisotopic (exact) mass is 276 g/mol. The Balaban J connectivity index is 2.15. The van der Waals surface area contributed by atoms with Crippen LogP contribution in [-0.4, -0.2) is 19.0 Å². The fraction of sp³-hybridized carbons (Fsp3) is 0.588. The molecule has 1 saturated carbocycles. The van der Waals surface area contributed by atoms with E-state index in [-0.39, 0.29) is 11.7 Å². The van der Waals surface area contributed by atoms with Gasteiger partial charge in [0.2, 0.25) is 0 Å². The molecule has 20 heavy (non-hydrogen) atoms. The number of ether oxygens (including phenoxy) is 2. The fourth-order valence-electron chi connectivity index (χ4n) is 2.22. The number of carbonyl (C=O) groups excluding carboxylic acids is 1. The molecule has 1 aliphatic rings. The highest BCUT2D eigenvalue weighted by Crippen LogP contribution is 2.41. The Morgan fingerprint density at radius 3 is 2.30 bits per heavy atom. The van der Waals surface area contributed by atoms with Gasteiger partial charge in [-0.3, -0.25) is 4.79 Å². The molecule has 1 aliphatic carbocycles. The van der Waals surface area contributed by atoms with Crippen LogP contribution >= 0.6 is 0 Å². The number of ketones is 1. The molecule has 0 saturated heterocycles. The van der Waals surface area contributed by atoms with E-state index in [1.54, 1.807) is 0 Å². The summed E-state index contributed by atoms with van der Waals surface area (Å²) in [5.41, 5.74) is 0.745. The van der Waals surface area contributed by atoms with Gasteiger partial charge >= 0.3 is 0 Å². The normalized spacial score (nSPS) is 20.6. The molecule has 1 aromatic carbocycles. The molecule has 3 nitrogen and oxygen atoms in total. The van der Waals surface area contributed by atoms with Crippen LogP contribution in [0.4, 0.5) is 0 Å². The van der Waals surface area contributed by atoms with E-state index in [0.717, 1.165) is 30.6 Å². The van der Waals surface area contributed by atoms with Crippen LogP contribution in [0.2, 0.25) is 0 Å². The lowest BCUT2D eigenvalue weighted by molar-refractivity contribution is 0.0961. The Morgan fingerprint density at radius 2 is 1.75 bits per heavy atom. The largest absolute Gasteiger partial charge is 0.490 e. The molecule has 3 heteroatoms. The maximum Gasteiger partial charge on any atom is 0.166 e. The molecule has 0 spiro atoms. The van der Waals surface area contributed by atoms with Crippen molar-refractivity contribution in [2.45, 2.75) is 40.0 Å². The quantitative estimate of drug-likeness (QED) is 0.670. The summed E-state index contributed by atoms with van der Waals surface area (Å²) < 4.78 is 11.4. The Hall–Kier alpha value is -1.51. The van der Waals surface area contributed by atoms with Crippen LogP contribution in [-0.2, 0) is 0 Å². The van der Waals surface area contributed by atoms with Crippen molar-refractivity contribution in [2.75, 3.05) is 13.2 Å². The molecule has 0 aromatic heterocycles. The number of benzene rings is 1. The molecule has 0 aliphatic heterocycles. The van der Waals surface area contributed by atoms with Gasteiger partial charge in [0.15, 0.2) is 17.3 Å². The smallest absolute Gasteiger partial charge is 0.166 e. The predicted molar refractivity (Wildman–Crippen MR) is 79.6 cm³/mol. The van der Waals surface area contributed by atoms with E-state index in [4.69, 9.17) is 9.47 Å². The van der Waals surface area contributed by atoms with Gasteiger partial charge in [0, 0.05) is 11.5 Å². The molecule has 1 aromatic rings. The van der Waals surface area contributed by atoms with Crippen LogP contribution < -0.4 is 9.47 Å². The molecule has 0 bridgehead atoms. The van der Waals surface area contributed by atoms with E-state index in [1.807, 2.05) is 18.2 Å². The summed E-state index contributed by atoms with van der Waals surface area (Å²) >= 11 is 0. The summed E-state index contributed by atoms with van der Waals surface area (Å²) in [6.07, 6.45) is 2.90. The first-order chi connectivity index (χ1) is 9.67. The first-order valence-electron chi connectivity index (χ1n) is 7.61. The van der Waals surface area contributed by atoms with Gasteiger partial charge in [-0.1, -0.05) is 20.8 Å². The Labute approximate surface area is 121 Å². The van der Waals surface area contributed by atoms with E-state index < -0.39 is 0 Å². The first-order valence-corrected chi connectivity index (χ1v) is 7.61. The van der Waals surface area contributed by atoms with Crippen molar-refractivity contribution in [1.29, 1.82) is 0 Å². The van der Waals surface area contributed by atoms with E-state index in [1.165, 1.54) is 0 Å². The van der Waals surface area contributed by atoms with Gasteiger partial charge in [-0.2, -0.15) is 0 Å². The van der Waals surface area contributed by atoms with Crippen LogP contribution in [0.15, 0.2) is 18.2 Å². The molecule has 1 fully saturated rings. The predicted octanol–water partition coefficient (Wildman–Crippen LogP) is 4.10. The topological polar surface area (TPSA) is 35.5 Å². The Bertz CT molecular complexity index is 467. The zero-order chi connectivity index (χ0) is 14.5. The van der Waals surface area contributed by atoms with Crippen molar-refractivity contribution in [3.05, 3.63) is 23.8 Å². The van der Waals surface area contributed by atoms with Crippen LogP contribution in [0.1, 0.15) is 50.4 Å². The van der Waals surface area contributed by atoms with Gasteiger partial charge in [0.25, 0.3) is 0 Å². The standard InChI is InChI=1S/C17H24O3/c1-4-8-19-15-7-6-13(11-16(15)20-9-5-2)17(18)14-10-12(14)3/h6-7,11-12,14H,4-5,8-10H2,1-3H3. The summed E-state index contributed by atoms with van der Waals surface area (Å²) in [6, 6.07) is 5.56. The molecular weight excluding hydrogens is 252 g/mol. The lowest BCUT2D eigenvalue weighted by Gasteiger charge is -2.13. The summed E-state index contributed by atoms with van der Waals surface area (Å²) in [6.45, 7) is 7.55. The second kappa shape index (κ2) is 6.78. The number of rotatable bonds is 8. The lowest BCUT2D eigenvalue weighted by atomic mass is 10.1. The second-order valence-corrected chi connectivity index (χ2v) is 5.54. The number of Topliss-reactive ketones (excluding diaryl/α,β-unsaturated/α-hetero) is 1. The minimum atomic E-state index is 0.205. The van der Waals surface area contributed by atoms with Gasteiger partial charge < -0.3 is 9.47 Å². The summed E-state index contributed by atoms with van der Waals surface area (Å²) in [5.74, 6) is 2.40. The maximum atomic E-state index is 12.3. The van der Waals surface area contributed by atoms with Crippen LogP contribution in [0.25, 0.3) is 0 Å². The average molecular weight is 276 g/mol. The number of carbonyl (C=O) groups is 1. The highest BCUT2D eigenvalue weighted by Gasteiger charge is 2.39. The average Bonchev–Trinajstić information content (AvgIpc) is 3.19. The summed E-state index contributed by atoms with van der Waals surface area (Å²) in [5, 5.41) is 0. The van der Waals surface area contributed by atoms with Crippen LogP contribution in [0.5, 0.6) is 11.5 Å². The molecule has 110 valence electrons. The summed E-state index contributed by atoms with van der Waals surface area (Å²) in [7, 11) is 0. The van der Waals surface area contributed by atoms with Crippen molar-refractivity contribution >= 4 is 5.78 Å². The molecule has 0 N–H and O–H groups in total. The SMILES string of the molecule is CCCOc1ccc(C(=O)C2CC2C)cc1OCCC. The van der Waals surface area contributed by atoms with Gasteiger partial charge in [-0.25, -0.2) is 0 Å². The third-order valence-electron chi connectivity index (χ3n) is 3.60. The van der Waals surface area contributed by atoms with Crippen molar-refractivity contribution in [2.24, 2.45) is 11.8 Å². The van der Waals surface area contributed by atoms with Gasteiger partial charge in [0.05, 0.1) is 13.2 Å². The van der Waals surface area contributed by atoms with E-state index in [9.17, 15) is 4.79 Å². The van der Waals surface area contributed by atoms with Crippen molar-refractivity contribution in [3.63, 3.8) is 0 Å². The van der Waals surface area contributed by atoms with Crippen LogP contribution in [0, 0.1) is 11.8 Å². The second-order valence-electron chi connectivity index (χ2n) is 5.54. The third kappa shape index (κ3) is 3.53. The highest BCUT2D eigenvalue weighted by atomic mass is 16.5. The molecular formula is C17H24O3. The molecule has 2 atom stereocenters. The minimum absolute atomic E-state index is 0.205. The van der Waals surface area contributed by atoms with Crippen molar-refractivity contribution < 1.29 is 14.3 Å². The van der Waals surface area contributed by atoms with Gasteiger partial charge in [-0.05, 0) is 43.4 Å². The highest BCUT2D eigenvalue weighted by molar-refractivity contribution is 6.00. The molecule has 2 unspecified atom stereocenters. The summed E-state index contributed by atoms with van der Waals surface area (Å²) in [4.78, 5) is 12.3. The van der Waals surface area contributed by atoms with Crippen molar-refractivity contribution in [3.8, 4) is 11.5 Å². The molecule has 0 amide bonds. The molecule has 0 heterocycles. The van der Waals surface area contributed by atoms with Crippen LogP contribution in [0.3, 0.4) is 0 Å².